The Morgan fingerprint density at radius 3 is 2.09 bits per heavy atom. The number of hydrogen-bond donors (Lipinski definition) is 1. The van der Waals surface area contributed by atoms with Gasteiger partial charge in [-0.1, -0.05) is 0 Å². The predicted molar refractivity (Wildman–Crippen MR) is 111 cm³/mol. The minimum absolute atomic E-state index is 0.0471. The van der Waals surface area contributed by atoms with Gasteiger partial charge in [0.25, 0.3) is 11.8 Å². The number of nitrogens with zero attached hydrogens (tertiary/aromatic N) is 2. The average molecular weight is 447 g/mol. The highest BCUT2D eigenvalue weighted by atomic mass is 19.2. The lowest BCUT2D eigenvalue weighted by Gasteiger charge is -2.34. The van der Waals surface area contributed by atoms with E-state index in [1.54, 1.807) is 12.1 Å². The summed E-state index contributed by atoms with van der Waals surface area (Å²) in [6.07, 6.45) is 0. The Labute approximate surface area is 183 Å². The molecule has 0 aromatic heterocycles. The summed E-state index contributed by atoms with van der Waals surface area (Å²) in [6.45, 7) is 0.811. The van der Waals surface area contributed by atoms with Crippen LogP contribution in [0.5, 0.6) is 11.5 Å². The van der Waals surface area contributed by atoms with Crippen LogP contribution in [0.1, 0.15) is 20.7 Å². The van der Waals surface area contributed by atoms with Crippen molar-refractivity contribution < 1.29 is 32.6 Å². The van der Waals surface area contributed by atoms with Gasteiger partial charge in [0.1, 0.15) is 0 Å². The third kappa shape index (κ3) is 5.13. The largest absolute Gasteiger partial charge is 0.493 e. The Morgan fingerprint density at radius 2 is 1.47 bits per heavy atom. The number of carbonyl (C=O) groups is 3. The monoisotopic (exact) mass is 447 g/mol. The number of rotatable bonds is 6. The Hall–Kier alpha value is -3.69. The van der Waals surface area contributed by atoms with Crippen LogP contribution in [-0.4, -0.2) is 74.5 Å². The van der Waals surface area contributed by atoms with E-state index >= 15 is 0 Å². The van der Waals surface area contributed by atoms with Crippen molar-refractivity contribution in [1.29, 1.82) is 0 Å². The topological polar surface area (TPSA) is 88.2 Å². The van der Waals surface area contributed by atoms with E-state index in [2.05, 4.69) is 5.32 Å². The summed E-state index contributed by atoms with van der Waals surface area (Å²) < 4.78 is 36.8. The molecule has 0 atom stereocenters. The van der Waals surface area contributed by atoms with Gasteiger partial charge in [-0.2, -0.15) is 0 Å². The third-order valence-corrected chi connectivity index (χ3v) is 5.13. The summed E-state index contributed by atoms with van der Waals surface area (Å²) in [6, 6.07) is 7.66. The van der Waals surface area contributed by atoms with Crippen molar-refractivity contribution in [1.82, 2.24) is 15.1 Å². The van der Waals surface area contributed by atoms with E-state index in [1.807, 2.05) is 0 Å². The zero-order valence-electron chi connectivity index (χ0n) is 17.7. The van der Waals surface area contributed by atoms with Crippen molar-refractivity contribution in [3.8, 4) is 11.5 Å². The summed E-state index contributed by atoms with van der Waals surface area (Å²) in [7, 11) is 2.95. The number of benzene rings is 2. The van der Waals surface area contributed by atoms with Gasteiger partial charge in [0.05, 0.1) is 20.8 Å². The van der Waals surface area contributed by atoms with E-state index in [9.17, 15) is 23.2 Å². The number of carbonyl (C=O) groups excluding carboxylic acids is 3. The van der Waals surface area contributed by atoms with Crippen LogP contribution in [0.4, 0.5) is 8.78 Å². The Balaban J connectivity index is 1.50. The molecule has 0 unspecified atom stereocenters. The lowest BCUT2D eigenvalue weighted by atomic mass is 10.1. The molecule has 1 fully saturated rings. The molecule has 1 N–H and O–H groups in total. The third-order valence-electron chi connectivity index (χ3n) is 5.13. The standard InChI is InChI=1S/C22H23F2N3O5/c1-31-18-6-4-14(12-19(18)32-2)21(29)25-13-20(28)26-7-9-27(10-8-26)22(30)15-3-5-16(23)17(24)11-15/h3-6,11-12H,7-10,13H2,1-2H3,(H,25,29). The van der Waals surface area contributed by atoms with Crippen LogP contribution in [0.15, 0.2) is 36.4 Å². The average Bonchev–Trinajstić information content (AvgIpc) is 2.83. The molecule has 2 aromatic rings. The smallest absolute Gasteiger partial charge is 0.254 e. The first-order chi connectivity index (χ1) is 15.3. The molecule has 0 aliphatic carbocycles. The van der Waals surface area contributed by atoms with E-state index in [-0.39, 0.29) is 44.2 Å². The van der Waals surface area contributed by atoms with E-state index in [4.69, 9.17) is 9.47 Å². The number of methoxy groups -OCH3 is 2. The molecule has 0 radical (unpaired) electrons. The van der Waals surface area contributed by atoms with Gasteiger partial charge in [-0.05, 0) is 36.4 Å². The molecular weight excluding hydrogens is 424 g/mol. The van der Waals surface area contributed by atoms with Crippen LogP contribution in [-0.2, 0) is 4.79 Å². The highest BCUT2D eigenvalue weighted by Crippen LogP contribution is 2.27. The van der Waals surface area contributed by atoms with Crippen LogP contribution in [0.25, 0.3) is 0 Å². The maximum absolute atomic E-state index is 13.4. The zero-order valence-corrected chi connectivity index (χ0v) is 17.7. The van der Waals surface area contributed by atoms with E-state index in [0.717, 1.165) is 12.1 Å². The van der Waals surface area contributed by atoms with Gasteiger partial charge in [-0.15, -0.1) is 0 Å². The quantitative estimate of drug-likeness (QED) is 0.728. The number of nitrogens with one attached hydrogen (secondary N) is 1. The molecule has 32 heavy (non-hydrogen) atoms. The summed E-state index contributed by atoms with van der Waals surface area (Å²) in [4.78, 5) is 40.3. The molecule has 2 aromatic carbocycles. The minimum atomic E-state index is -1.09. The Kier molecular flexibility index (Phi) is 7.24. The summed E-state index contributed by atoms with van der Waals surface area (Å²) in [5.41, 5.74) is 0.364. The Morgan fingerprint density at radius 1 is 0.844 bits per heavy atom. The van der Waals surface area contributed by atoms with Crippen molar-refractivity contribution in [3.63, 3.8) is 0 Å². The molecule has 170 valence electrons. The molecule has 0 saturated carbocycles. The fourth-order valence-corrected chi connectivity index (χ4v) is 3.32. The second-order valence-corrected chi connectivity index (χ2v) is 7.05. The first-order valence-corrected chi connectivity index (χ1v) is 9.86. The zero-order chi connectivity index (χ0) is 23.3. The lowest BCUT2D eigenvalue weighted by Crippen LogP contribution is -2.52. The predicted octanol–water partition coefficient (Wildman–Crippen LogP) is 1.70. The van der Waals surface area contributed by atoms with Gasteiger partial charge in [0.2, 0.25) is 5.91 Å². The molecule has 0 bridgehead atoms. The fourth-order valence-electron chi connectivity index (χ4n) is 3.32. The molecule has 1 aliphatic rings. The minimum Gasteiger partial charge on any atom is -0.493 e. The number of hydrogen-bond acceptors (Lipinski definition) is 5. The van der Waals surface area contributed by atoms with Gasteiger partial charge < -0.3 is 24.6 Å². The molecule has 10 heteroatoms. The first kappa shape index (κ1) is 23.0. The molecule has 1 aliphatic heterocycles. The maximum Gasteiger partial charge on any atom is 0.254 e. The van der Waals surface area contributed by atoms with Gasteiger partial charge >= 0.3 is 0 Å². The molecule has 1 saturated heterocycles. The van der Waals surface area contributed by atoms with Gasteiger partial charge in [0.15, 0.2) is 23.1 Å². The SMILES string of the molecule is COc1ccc(C(=O)NCC(=O)N2CCN(C(=O)c3ccc(F)c(F)c3)CC2)cc1OC. The molecule has 8 nitrogen and oxygen atoms in total. The van der Waals surface area contributed by atoms with Crippen LogP contribution in [0.3, 0.4) is 0 Å². The number of amides is 3. The van der Waals surface area contributed by atoms with Crippen LogP contribution >= 0.6 is 0 Å². The van der Waals surface area contributed by atoms with Crippen molar-refractivity contribution in [2.45, 2.75) is 0 Å². The molecule has 3 amide bonds. The normalized spacial score (nSPS) is 13.5. The highest BCUT2D eigenvalue weighted by molar-refractivity contribution is 5.97. The second kappa shape index (κ2) is 10.1. The number of halogens is 2. The summed E-state index contributed by atoms with van der Waals surface area (Å²) in [5, 5.41) is 2.57. The first-order valence-electron chi connectivity index (χ1n) is 9.86. The summed E-state index contributed by atoms with van der Waals surface area (Å²) in [5.74, 6) is -2.39. The lowest BCUT2D eigenvalue weighted by molar-refractivity contribution is -0.131. The van der Waals surface area contributed by atoms with E-state index < -0.39 is 23.4 Å². The second-order valence-electron chi connectivity index (χ2n) is 7.05. The molecule has 3 rings (SSSR count). The molecule has 1 heterocycles. The summed E-state index contributed by atoms with van der Waals surface area (Å²) >= 11 is 0. The molecular formula is C22H23F2N3O5. The van der Waals surface area contributed by atoms with Crippen LogP contribution in [0.2, 0.25) is 0 Å². The Bertz CT molecular complexity index is 1020. The van der Waals surface area contributed by atoms with Crippen molar-refractivity contribution in [3.05, 3.63) is 59.2 Å². The fraction of sp³-hybridized carbons (Fsp3) is 0.318. The van der Waals surface area contributed by atoms with Gasteiger partial charge in [-0.25, -0.2) is 8.78 Å². The van der Waals surface area contributed by atoms with Crippen LogP contribution < -0.4 is 14.8 Å². The van der Waals surface area contributed by atoms with Crippen molar-refractivity contribution >= 4 is 17.7 Å². The van der Waals surface area contributed by atoms with Crippen molar-refractivity contribution in [2.75, 3.05) is 46.9 Å². The van der Waals surface area contributed by atoms with E-state index in [1.165, 1.54) is 36.2 Å². The van der Waals surface area contributed by atoms with Gasteiger partial charge in [0, 0.05) is 37.3 Å². The number of piperazine rings is 1. The van der Waals surface area contributed by atoms with Crippen LogP contribution in [0, 0.1) is 11.6 Å². The highest BCUT2D eigenvalue weighted by Gasteiger charge is 2.25. The van der Waals surface area contributed by atoms with E-state index in [0.29, 0.717) is 17.1 Å². The van der Waals surface area contributed by atoms with Crippen molar-refractivity contribution in [2.24, 2.45) is 0 Å². The van der Waals surface area contributed by atoms with Gasteiger partial charge in [-0.3, -0.25) is 14.4 Å². The molecule has 0 spiro atoms. The maximum atomic E-state index is 13.4. The number of ether oxygens (including phenoxy) is 2.